The van der Waals surface area contributed by atoms with Crippen LogP contribution in [-0.4, -0.2) is 14.1 Å². The molecule has 0 aliphatic rings. The van der Waals surface area contributed by atoms with Gasteiger partial charge in [0.2, 0.25) is 0 Å². The van der Waals surface area contributed by atoms with E-state index in [1.54, 1.807) is 0 Å². The van der Waals surface area contributed by atoms with Crippen LogP contribution in [-0.2, 0) is 0 Å². The molecule has 0 aromatic heterocycles. The van der Waals surface area contributed by atoms with Gasteiger partial charge in [-0.2, -0.15) is 0 Å². The number of nitrogens with zero attached hydrogens (tertiary/aromatic N) is 1. The molecule has 0 fully saturated rings. The van der Waals surface area contributed by atoms with E-state index in [9.17, 15) is 0 Å². The Kier molecular flexibility index (Phi) is 2.82. The smallest absolute Gasteiger partial charge is 0.0367 e. The van der Waals surface area contributed by atoms with E-state index in [4.69, 9.17) is 5.73 Å². The molecule has 0 saturated heterocycles. The molecule has 2 rings (SSSR count). The van der Waals surface area contributed by atoms with Crippen molar-refractivity contribution in [1.29, 1.82) is 0 Å². The SMILES string of the molecule is CN(C)c1cc[c]c(-c2ccc(N)cc2)c1. The number of hydrogen-bond donors (Lipinski definition) is 1. The topological polar surface area (TPSA) is 29.3 Å². The first kappa shape index (κ1) is 10.6. The predicted octanol–water partition coefficient (Wildman–Crippen LogP) is 2.80. The van der Waals surface area contributed by atoms with Crippen LogP contribution in [0.5, 0.6) is 0 Å². The zero-order valence-corrected chi connectivity index (χ0v) is 9.57. The lowest BCUT2D eigenvalue weighted by molar-refractivity contribution is 1.13. The van der Waals surface area contributed by atoms with Gasteiger partial charge in [0, 0.05) is 25.5 Å². The average molecular weight is 211 g/mol. The van der Waals surface area contributed by atoms with E-state index in [2.05, 4.69) is 17.0 Å². The summed E-state index contributed by atoms with van der Waals surface area (Å²) < 4.78 is 0. The highest BCUT2D eigenvalue weighted by molar-refractivity contribution is 5.69. The Balaban J connectivity index is 2.40. The van der Waals surface area contributed by atoms with Crippen molar-refractivity contribution in [2.75, 3.05) is 24.7 Å². The quantitative estimate of drug-likeness (QED) is 0.774. The van der Waals surface area contributed by atoms with Crippen LogP contribution in [0.4, 0.5) is 11.4 Å². The van der Waals surface area contributed by atoms with E-state index < -0.39 is 0 Å². The van der Waals surface area contributed by atoms with Crippen molar-refractivity contribution >= 4 is 11.4 Å². The Morgan fingerprint density at radius 2 is 1.75 bits per heavy atom. The van der Waals surface area contributed by atoms with Crippen molar-refractivity contribution in [2.24, 2.45) is 0 Å². The molecule has 0 bridgehead atoms. The summed E-state index contributed by atoms with van der Waals surface area (Å²) in [4.78, 5) is 2.08. The summed E-state index contributed by atoms with van der Waals surface area (Å²) in [7, 11) is 4.06. The largest absolute Gasteiger partial charge is 0.399 e. The molecule has 0 amide bonds. The Morgan fingerprint density at radius 3 is 2.38 bits per heavy atom. The number of rotatable bonds is 2. The molecule has 2 aromatic rings. The van der Waals surface area contributed by atoms with Gasteiger partial charge in [-0.3, -0.25) is 0 Å². The van der Waals surface area contributed by atoms with Crippen LogP contribution < -0.4 is 10.6 Å². The number of anilines is 2. The third-order valence-corrected chi connectivity index (χ3v) is 2.52. The second-order valence-electron chi connectivity index (χ2n) is 3.98. The molecule has 2 nitrogen and oxygen atoms in total. The fourth-order valence-electron chi connectivity index (χ4n) is 1.56. The fourth-order valence-corrected chi connectivity index (χ4v) is 1.56. The molecule has 0 aliphatic heterocycles. The highest BCUT2D eigenvalue weighted by atomic mass is 15.1. The fraction of sp³-hybridized carbons (Fsp3) is 0.143. The van der Waals surface area contributed by atoms with Crippen molar-refractivity contribution in [3.8, 4) is 11.1 Å². The predicted molar refractivity (Wildman–Crippen MR) is 69.5 cm³/mol. The van der Waals surface area contributed by atoms with E-state index in [-0.39, 0.29) is 0 Å². The van der Waals surface area contributed by atoms with Crippen LogP contribution in [0.15, 0.2) is 42.5 Å². The summed E-state index contributed by atoms with van der Waals surface area (Å²) in [5.74, 6) is 0. The van der Waals surface area contributed by atoms with Crippen LogP contribution >= 0.6 is 0 Å². The molecule has 0 saturated carbocycles. The first-order valence-electron chi connectivity index (χ1n) is 5.22. The highest BCUT2D eigenvalue weighted by Crippen LogP contribution is 2.23. The lowest BCUT2D eigenvalue weighted by Crippen LogP contribution is -2.08. The summed E-state index contributed by atoms with van der Waals surface area (Å²) >= 11 is 0. The van der Waals surface area contributed by atoms with E-state index in [1.165, 1.54) is 5.69 Å². The first-order valence-corrected chi connectivity index (χ1v) is 5.22. The van der Waals surface area contributed by atoms with Gasteiger partial charge in [0.1, 0.15) is 0 Å². The van der Waals surface area contributed by atoms with E-state index in [0.717, 1.165) is 16.8 Å². The lowest BCUT2D eigenvalue weighted by atomic mass is 10.0. The van der Waals surface area contributed by atoms with Crippen LogP contribution in [0, 0.1) is 6.07 Å². The van der Waals surface area contributed by atoms with Crippen molar-refractivity contribution in [2.45, 2.75) is 0 Å². The second-order valence-corrected chi connectivity index (χ2v) is 3.98. The van der Waals surface area contributed by atoms with E-state index >= 15 is 0 Å². The number of benzene rings is 2. The standard InChI is InChI=1S/C14H15N2/c1-16(2)14-5-3-4-12(10-14)11-6-8-13(15)9-7-11/h3,5-10H,15H2,1-2H3. The maximum Gasteiger partial charge on any atom is 0.0367 e. The maximum absolute atomic E-state index is 5.66. The van der Waals surface area contributed by atoms with Gasteiger partial charge < -0.3 is 10.6 Å². The molecule has 0 aliphatic carbocycles. The number of nitrogen functional groups attached to an aromatic ring is 1. The summed E-state index contributed by atoms with van der Waals surface area (Å²) in [6, 6.07) is 17.2. The molecule has 81 valence electrons. The van der Waals surface area contributed by atoms with Crippen molar-refractivity contribution in [3.05, 3.63) is 48.5 Å². The van der Waals surface area contributed by atoms with Gasteiger partial charge in [0.15, 0.2) is 0 Å². The third-order valence-electron chi connectivity index (χ3n) is 2.52. The minimum atomic E-state index is 0.785. The van der Waals surface area contributed by atoms with Gasteiger partial charge in [-0.15, -0.1) is 0 Å². The molecule has 2 heteroatoms. The van der Waals surface area contributed by atoms with E-state index in [1.807, 2.05) is 50.5 Å². The molecule has 0 atom stereocenters. The Bertz CT molecular complexity index is 472. The molecule has 0 unspecified atom stereocenters. The van der Waals surface area contributed by atoms with Crippen LogP contribution in [0.25, 0.3) is 11.1 Å². The molecular formula is C14H15N2. The normalized spacial score (nSPS) is 10.1. The Morgan fingerprint density at radius 1 is 1.06 bits per heavy atom. The van der Waals surface area contributed by atoms with Crippen LogP contribution in [0.2, 0.25) is 0 Å². The van der Waals surface area contributed by atoms with Crippen molar-refractivity contribution < 1.29 is 0 Å². The monoisotopic (exact) mass is 211 g/mol. The second kappa shape index (κ2) is 4.27. The number of nitrogens with two attached hydrogens (primary N) is 1. The van der Waals surface area contributed by atoms with Crippen LogP contribution in [0.3, 0.4) is 0 Å². The lowest BCUT2D eigenvalue weighted by Gasteiger charge is -2.13. The zero-order valence-electron chi connectivity index (χ0n) is 9.57. The van der Waals surface area contributed by atoms with Gasteiger partial charge >= 0.3 is 0 Å². The summed E-state index contributed by atoms with van der Waals surface area (Å²) in [5.41, 5.74) is 9.85. The van der Waals surface area contributed by atoms with Crippen molar-refractivity contribution in [3.63, 3.8) is 0 Å². The molecule has 2 aromatic carbocycles. The third kappa shape index (κ3) is 2.16. The van der Waals surface area contributed by atoms with Gasteiger partial charge in [0.05, 0.1) is 0 Å². The molecule has 1 radical (unpaired) electrons. The minimum absolute atomic E-state index is 0.785. The maximum atomic E-state index is 5.66. The molecule has 0 heterocycles. The summed E-state index contributed by atoms with van der Waals surface area (Å²) in [6.07, 6.45) is 0. The molecular weight excluding hydrogens is 196 g/mol. The van der Waals surface area contributed by atoms with Gasteiger partial charge in [0.25, 0.3) is 0 Å². The van der Waals surface area contributed by atoms with Crippen molar-refractivity contribution in [1.82, 2.24) is 0 Å². The van der Waals surface area contributed by atoms with Gasteiger partial charge in [-0.1, -0.05) is 18.2 Å². The Labute approximate surface area is 96.3 Å². The first-order chi connectivity index (χ1) is 7.66. The Hall–Kier alpha value is -1.96. The van der Waals surface area contributed by atoms with Gasteiger partial charge in [-0.05, 0) is 41.5 Å². The van der Waals surface area contributed by atoms with Gasteiger partial charge in [-0.25, -0.2) is 0 Å². The van der Waals surface area contributed by atoms with E-state index in [0.29, 0.717) is 0 Å². The zero-order chi connectivity index (χ0) is 11.5. The number of hydrogen-bond acceptors (Lipinski definition) is 2. The highest BCUT2D eigenvalue weighted by Gasteiger charge is 2.00. The molecule has 16 heavy (non-hydrogen) atoms. The summed E-state index contributed by atoms with van der Waals surface area (Å²) in [6.45, 7) is 0. The summed E-state index contributed by atoms with van der Waals surface area (Å²) in [5, 5.41) is 0. The average Bonchev–Trinajstić information content (AvgIpc) is 2.30. The molecule has 0 spiro atoms. The minimum Gasteiger partial charge on any atom is -0.399 e. The van der Waals surface area contributed by atoms with Crippen LogP contribution in [0.1, 0.15) is 0 Å². The molecule has 2 N–H and O–H groups in total.